The van der Waals surface area contributed by atoms with Crippen molar-refractivity contribution >= 4 is 22.8 Å². The maximum absolute atomic E-state index is 13.7. The van der Waals surface area contributed by atoms with E-state index in [1.807, 2.05) is 30.3 Å². The third kappa shape index (κ3) is 3.82. The second kappa shape index (κ2) is 8.87. The van der Waals surface area contributed by atoms with Crippen LogP contribution in [0.2, 0.25) is 0 Å². The minimum absolute atomic E-state index is 0.0788. The Labute approximate surface area is 196 Å². The lowest BCUT2D eigenvalue weighted by atomic mass is 10.0. The van der Waals surface area contributed by atoms with E-state index in [1.165, 1.54) is 10.9 Å². The lowest BCUT2D eigenvalue weighted by Gasteiger charge is -2.11. The van der Waals surface area contributed by atoms with Gasteiger partial charge in [-0.2, -0.15) is 0 Å². The number of benzene rings is 2. The van der Waals surface area contributed by atoms with E-state index in [1.54, 1.807) is 35.8 Å². The summed E-state index contributed by atoms with van der Waals surface area (Å²) in [6.07, 6.45) is 3.27. The zero-order valence-electron chi connectivity index (χ0n) is 18.6. The second-order valence-corrected chi connectivity index (χ2v) is 8.23. The number of Topliss-reactive ketones (excluding diaryl/α,β-unsaturated/α-hetero) is 1. The number of nitrogen functional groups attached to an aromatic ring is 1. The van der Waals surface area contributed by atoms with Crippen molar-refractivity contribution in [2.75, 3.05) is 5.73 Å². The Balaban J connectivity index is 1.54. The molecule has 8 nitrogen and oxygen atoms in total. The highest BCUT2D eigenvalue weighted by Gasteiger charge is 2.33. The monoisotopic (exact) mass is 453 g/mol. The van der Waals surface area contributed by atoms with E-state index in [-0.39, 0.29) is 29.3 Å². The minimum atomic E-state index is -0.265. The van der Waals surface area contributed by atoms with Gasteiger partial charge in [0.25, 0.3) is 0 Å². The molecule has 0 radical (unpaired) electrons. The Bertz CT molecular complexity index is 1480. The molecule has 1 aliphatic carbocycles. The number of nitrogens with zero attached hydrogens (tertiary/aromatic N) is 4. The first kappa shape index (κ1) is 21.5. The average molecular weight is 454 g/mol. The summed E-state index contributed by atoms with van der Waals surface area (Å²) in [6, 6.07) is 16.5. The van der Waals surface area contributed by atoms with Gasteiger partial charge in [0.15, 0.2) is 11.5 Å². The van der Waals surface area contributed by atoms with Crippen LogP contribution >= 0.6 is 0 Å². The van der Waals surface area contributed by atoms with E-state index < -0.39 is 0 Å². The summed E-state index contributed by atoms with van der Waals surface area (Å²) in [4.78, 5) is 34.5. The number of hydrogen-bond donors (Lipinski definition) is 1. The van der Waals surface area contributed by atoms with Gasteiger partial charge in [0.2, 0.25) is 5.78 Å². The molecular formula is C26H23N5O3. The molecule has 2 aromatic carbocycles. The molecule has 1 unspecified atom stereocenters. The van der Waals surface area contributed by atoms with Crippen LogP contribution in [0.5, 0.6) is 11.5 Å². The van der Waals surface area contributed by atoms with Crippen LogP contribution < -0.4 is 16.2 Å². The van der Waals surface area contributed by atoms with E-state index in [0.717, 1.165) is 5.75 Å². The van der Waals surface area contributed by atoms with Crippen molar-refractivity contribution < 1.29 is 9.53 Å². The van der Waals surface area contributed by atoms with E-state index in [0.29, 0.717) is 41.9 Å². The number of nitrogens with two attached hydrogens (primary N) is 1. The fraction of sp³-hybridized carbons (Fsp3) is 0.231. The molecule has 170 valence electrons. The summed E-state index contributed by atoms with van der Waals surface area (Å²) in [5.41, 5.74) is 7.47. The summed E-state index contributed by atoms with van der Waals surface area (Å²) in [5.74, 6) is 6.63. The van der Waals surface area contributed by atoms with Crippen LogP contribution in [0, 0.1) is 17.8 Å². The molecule has 1 aliphatic rings. The van der Waals surface area contributed by atoms with Crippen molar-refractivity contribution in [3.63, 3.8) is 0 Å². The standard InChI is InChI=1S/C26H23N5O3/c1-2-6-22(32)17-9-10-19(15-17)31-25-23(24(27)28-16-29-25)30(26(31)33)18-11-13-21(14-12-18)34-20-7-4-3-5-8-20/h3-5,7-8,11-14,16-17,19H,9-10,15H2,1H3,(H2,27,28,29)/t17?,19-/m1/s1. The third-order valence-corrected chi connectivity index (χ3v) is 6.14. The quantitative estimate of drug-likeness (QED) is 0.363. The Hall–Kier alpha value is -4.38. The number of anilines is 1. The van der Waals surface area contributed by atoms with Gasteiger partial charge in [-0.3, -0.25) is 13.9 Å². The van der Waals surface area contributed by atoms with Crippen LogP contribution in [0.3, 0.4) is 0 Å². The highest BCUT2D eigenvalue weighted by molar-refractivity contribution is 5.97. The fourth-order valence-electron chi connectivity index (χ4n) is 4.58. The van der Waals surface area contributed by atoms with Crippen molar-refractivity contribution in [3.05, 3.63) is 71.4 Å². The molecular weight excluding hydrogens is 430 g/mol. The molecule has 2 atom stereocenters. The summed E-state index contributed by atoms with van der Waals surface area (Å²) in [7, 11) is 0. The number of fused-ring (bicyclic) bond motifs is 1. The summed E-state index contributed by atoms with van der Waals surface area (Å²) in [5, 5.41) is 0. The molecule has 0 bridgehead atoms. The smallest absolute Gasteiger partial charge is 0.335 e. The van der Waals surface area contributed by atoms with E-state index in [2.05, 4.69) is 21.8 Å². The highest BCUT2D eigenvalue weighted by Crippen LogP contribution is 2.36. The van der Waals surface area contributed by atoms with Crippen LogP contribution in [0.4, 0.5) is 5.82 Å². The van der Waals surface area contributed by atoms with Crippen LogP contribution in [-0.2, 0) is 4.79 Å². The molecule has 8 heteroatoms. The summed E-state index contributed by atoms with van der Waals surface area (Å²) < 4.78 is 9.04. The molecule has 2 heterocycles. The number of rotatable bonds is 5. The van der Waals surface area contributed by atoms with Crippen LogP contribution in [0.15, 0.2) is 65.7 Å². The fourth-order valence-corrected chi connectivity index (χ4v) is 4.58. The normalized spacial score (nSPS) is 17.3. The molecule has 0 amide bonds. The third-order valence-electron chi connectivity index (χ3n) is 6.14. The number of aromatic nitrogens is 4. The SMILES string of the molecule is CC#CC(=O)C1CC[C@@H](n2c(=O)n(-c3ccc(Oc4ccccc4)cc3)c3c(N)ncnc32)C1. The number of hydrogen-bond acceptors (Lipinski definition) is 6. The van der Waals surface area contributed by atoms with E-state index in [9.17, 15) is 9.59 Å². The lowest BCUT2D eigenvalue weighted by molar-refractivity contribution is -0.117. The van der Waals surface area contributed by atoms with Gasteiger partial charge in [-0.1, -0.05) is 24.1 Å². The first-order chi connectivity index (χ1) is 16.6. The van der Waals surface area contributed by atoms with Crippen molar-refractivity contribution in [2.45, 2.75) is 32.2 Å². The number of imidazole rings is 1. The zero-order valence-corrected chi connectivity index (χ0v) is 18.6. The molecule has 5 rings (SSSR count). The number of carbonyl (C=O) groups excluding carboxylic acids is 1. The largest absolute Gasteiger partial charge is 0.457 e. The Morgan fingerprint density at radius 2 is 1.79 bits per heavy atom. The van der Waals surface area contributed by atoms with Crippen molar-refractivity contribution in [1.29, 1.82) is 0 Å². The Morgan fingerprint density at radius 3 is 2.53 bits per heavy atom. The van der Waals surface area contributed by atoms with Gasteiger partial charge < -0.3 is 10.5 Å². The second-order valence-electron chi connectivity index (χ2n) is 8.23. The highest BCUT2D eigenvalue weighted by atomic mass is 16.5. The maximum Gasteiger partial charge on any atom is 0.335 e. The topological polar surface area (TPSA) is 105 Å². The molecule has 0 aliphatic heterocycles. The Kier molecular flexibility index (Phi) is 5.60. The van der Waals surface area contributed by atoms with Gasteiger partial charge in [-0.25, -0.2) is 14.8 Å². The van der Waals surface area contributed by atoms with Gasteiger partial charge >= 0.3 is 5.69 Å². The lowest BCUT2D eigenvalue weighted by Crippen LogP contribution is -2.26. The van der Waals surface area contributed by atoms with Crippen molar-refractivity contribution in [3.8, 4) is 29.0 Å². The van der Waals surface area contributed by atoms with Gasteiger partial charge in [0, 0.05) is 12.0 Å². The number of ether oxygens (including phenoxy) is 1. The van der Waals surface area contributed by atoms with Crippen LogP contribution in [0.25, 0.3) is 16.9 Å². The van der Waals surface area contributed by atoms with Gasteiger partial charge in [0.1, 0.15) is 23.3 Å². The van der Waals surface area contributed by atoms with Gasteiger partial charge in [-0.05, 0) is 68.5 Å². The van der Waals surface area contributed by atoms with Crippen LogP contribution in [0.1, 0.15) is 32.2 Å². The number of carbonyl (C=O) groups is 1. The summed E-state index contributed by atoms with van der Waals surface area (Å²) in [6.45, 7) is 1.65. The van der Waals surface area contributed by atoms with Crippen LogP contribution in [-0.4, -0.2) is 24.9 Å². The first-order valence-corrected chi connectivity index (χ1v) is 11.1. The predicted molar refractivity (Wildman–Crippen MR) is 129 cm³/mol. The predicted octanol–water partition coefficient (Wildman–Crippen LogP) is 3.89. The number of ketones is 1. The Morgan fingerprint density at radius 1 is 1.06 bits per heavy atom. The zero-order chi connectivity index (χ0) is 23.7. The summed E-state index contributed by atoms with van der Waals surface area (Å²) >= 11 is 0. The van der Waals surface area contributed by atoms with Crippen molar-refractivity contribution in [1.82, 2.24) is 19.1 Å². The molecule has 0 spiro atoms. The maximum atomic E-state index is 13.7. The molecule has 2 N–H and O–H groups in total. The van der Waals surface area contributed by atoms with Gasteiger partial charge in [0.05, 0.1) is 5.69 Å². The molecule has 4 aromatic rings. The molecule has 1 saturated carbocycles. The molecule has 34 heavy (non-hydrogen) atoms. The molecule has 1 fully saturated rings. The van der Waals surface area contributed by atoms with E-state index in [4.69, 9.17) is 10.5 Å². The number of para-hydroxylation sites is 1. The first-order valence-electron chi connectivity index (χ1n) is 11.1. The van der Waals surface area contributed by atoms with E-state index >= 15 is 0 Å². The molecule has 0 saturated heterocycles. The average Bonchev–Trinajstić information content (AvgIpc) is 3.43. The van der Waals surface area contributed by atoms with Gasteiger partial charge in [-0.15, -0.1) is 0 Å². The van der Waals surface area contributed by atoms with Crippen molar-refractivity contribution in [2.24, 2.45) is 5.92 Å². The molecule has 2 aromatic heterocycles. The minimum Gasteiger partial charge on any atom is -0.457 e.